The predicted octanol–water partition coefficient (Wildman–Crippen LogP) is 3.60. The van der Waals surface area contributed by atoms with E-state index in [1.54, 1.807) is 17.0 Å². The summed E-state index contributed by atoms with van der Waals surface area (Å²) in [5.74, 6) is 1.55. The Kier molecular flexibility index (Phi) is 4.69. The Morgan fingerprint density at radius 2 is 1.92 bits per heavy atom. The van der Waals surface area contributed by atoms with E-state index in [0.29, 0.717) is 12.0 Å². The van der Waals surface area contributed by atoms with Crippen molar-refractivity contribution >= 4 is 17.5 Å². The monoisotopic (exact) mass is 326 g/mol. The molecule has 1 fully saturated rings. The minimum absolute atomic E-state index is 0.153. The fourth-order valence-electron chi connectivity index (χ4n) is 2.91. The zero-order chi connectivity index (χ0) is 17.1. The number of benzene rings is 1. The molecule has 1 aliphatic rings. The van der Waals surface area contributed by atoms with Crippen molar-refractivity contribution in [2.75, 3.05) is 11.4 Å². The van der Waals surface area contributed by atoms with Crippen LogP contribution in [0.2, 0.25) is 0 Å². The van der Waals surface area contributed by atoms with Crippen LogP contribution < -0.4 is 10.2 Å². The number of amides is 2. The first-order valence-electron chi connectivity index (χ1n) is 8.32. The van der Waals surface area contributed by atoms with Crippen LogP contribution in [-0.4, -0.2) is 18.4 Å². The van der Waals surface area contributed by atoms with E-state index in [1.165, 1.54) is 0 Å². The van der Waals surface area contributed by atoms with Crippen LogP contribution in [0.4, 0.5) is 5.69 Å². The Morgan fingerprint density at radius 3 is 2.54 bits per heavy atom. The zero-order valence-corrected chi connectivity index (χ0v) is 14.0. The highest BCUT2D eigenvalue weighted by molar-refractivity contribution is 5.97. The molecule has 5 nitrogen and oxygen atoms in total. The van der Waals surface area contributed by atoms with E-state index in [1.807, 2.05) is 38.1 Å². The summed E-state index contributed by atoms with van der Waals surface area (Å²) in [5.41, 5.74) is 1.42. The van der Waals surface area contributed by atoms with Gasteiger partial charge in [0.2, 0.25) is 5.91 Å². The van der Waals surface area contributed by atoms with Gasteiger partial charge in [0.05, 0.1) is 6.04 Å². The highest BCUT2D eigenvalue weighted by Crippen LogP contribution is 2.22. The molecule has 24 heavy (non-hydrogen) atoms. The van der Waals surface area contributed by atoms with Gasteiger partial charge in [-0.3, -0.25) is 9.59 Å². The van der Waals surface area contributed by atoms with Crippen LogP contribution in [0.1, 0.15) is 54.1 Å². The van der Waals surface area contributed by atoms with Crippen molar-refractivity contribution in [1.29, 1.82) is 0 Å². The third-order valence-electron chi connectivity index (χ3n) is 4.30. The lowest BCUT2D eigenvalue weighted by Crippen LogP contribution is -2.35. The molecule has 5 heteroatoms. The summed E-state index contributed by atoms with van der Waals surface area (Å²) in [7, 11) is 0. The smallest absolute Gasteiger partial charge is 0.251 e. The second-order valence-electron chi connectivity index (χ2n) is 6.19. The molecule has 0 spiro atoms. The van der Waals surface area contributed by atoms with Gasteiger partial charge in [0, 0.05) is 24.2 Å². The molecule has 0 bridgehead atoms. The molecule has 1 unspecified atom stereocenters. The highest BCUT2D eigenvalue weighted by Gasteiger charge is 2.20. The molecule has 1 saturated heterocycles. The number of hydrogen-bond donors (Lipinski definition) is 1. The number of hydrogen-bond acceptors (Lipinski definition) is 3. The summed E-state index contributed by atoms with van der Waals surface area (Å²) in [5, 5.41) is 2.92. The summed E-state index contributed by atoms with van der Waals surface area (Å²) in [4.78, 5) is 26.1. The molecule has 1 aromatic heterocycles. The van der Waals surface area contributed by atoms with E-state index >= 15 is 0 Å². The molecule has 0 aliphatic carbocycles. The van der Waals surface area contributed by atoms with Crippen LogP contribution in [0.3, 0.4) is 0 Å². The van der Waals surface area contributed by atoms with E-state index in [2.05, 4.69) is 5.32 Å². The maximum atomic E-state index is 12.4. The van der Waals surface area contributed by atoms with Gasteiger partial charge in [0.25, 0.3) is 5.91 Å². The van der Waals surface area contributed by atoms with Crippen molar-refractivity contribution in [3.8, 4) is 0 Å². The van der Waals surface area contributed by atoms with Gasteiger partial charge in [-0.15, -0.1) is 0 Å². The number of piperidine rings is 1. The Balaban J connectivity index is 1.66. The van der Waals surface area contributed by atoms with E-state index in [0.717, 1.165) is 36.6 Å². The second-order valence-corrected chi connectivity index (χ2v) is 6.19. The third-order valence-corrected chi connectivity index (χ3v) is 4.30. The molecule has 1 aromatic carbocycles. The number of anilines is 1. The van der Waals surface area contributed by atoms with Gasteiger partial charge in [-0.25, -0.2) is 0 Å². The fourth-order valence-corrected chi connectivity index (χ4v) is 2.91. The minimum Gasteiger partial charge on any atom is -0.464 e. The van der Waals surface area contributed by atoms with Gasteiger partial charge in [0.15, 0.2) is 0 Å². The lowest BCUT2D eigenvalue weighted by atomic mass is 10.1. The average Bonchev–Trinajstić information content (AvgIpc) is 3.02. The van der Waals surface area contributed by atoms with Crippen LogP contribution in [0, 0.1) is 6.92 Å². The molecule has 2 amide bonds. The summed E-state index contributed by atoms with van der Waals surface area (Å²) < 4.78 is 5.53. The third kappa shape index (κ3) is 3.50. The lowest BCUT2D eigenvalue weighted by Gasteiger charge is -2.26. The Bertz CT molecular complexity index is 733. The first-order chi connectivity index (χ1) is 11.5. The van der Waals surface area contributed by atoms with Crippen LogP contribution >= 0.6 is 0 Å². The number of rotatable bonds is 4. The molecule has 1 aliphatic heterocycles. The SMILES string of the molecule is Cc1ccc(C(C)NC(=O)c2ccc(N3CCCCC3=O)cc2)o1. The normalized spacial score (nSPS) is 16.1. The van der Waals surface area contributed by atoms with Crippen molar-refractivity contribution in [2.24, 2.45) is 0 Å². The summed E-state index contributed by atoms with van der Waals surface area (Å²) in [6.07, 6.45) is 2.58. The lowest BCUT2D eigenvalue weighted by molar-refractivity contribution is -0.119. The number of aryl methyl sites for hydroxylation is 1. The molecule has 3 rings (SSSR count). The molecule has 2 aromatic rings. The first kappa shape index (κ1) is 16.3. The Hall–Kier alpha value is -2.56. The number of carbonyl (C=O) groups is 2. The molecule has 1 atom stereocenters. The van der Waals surface area contributed by atoms with Crippen LogP contribution in [-0.2, 0) is 4.79 Å². The number of nitrogens with one attached hydrogen (secondary N) is 1. The minimum atomic E-state index is -0.199. The van der Waals surface area contributed by atoms with Gasteiger partial charge in [-0.2, -0.15) is 0 Å². The van der Waals surface area contributed by atoms with Crippen molar-refractivity contribution in [3.63, 3.8) is 0 Å². The first-order valence-corrected chi connectivity index (χ1v) is 8.32. The molecular formula is C19H22N2O3. The Morgan fingerprint density at radius 1 is 1.17 bits per heavy atom. The number of furan rings is 1. The molecule has 2 heterocycles. The van der Waals surface area contributed by atoms with E-state index in [9.17, 15) is 9.59 Å². The van der Waals surface area contributed by atoms with Gasteiger partial charge in [-0.05, 0) is 63.1 Å². The standard InChI is InChI=1S/C19H22N2O3/c1-13-6-11-17(24-13)14(2)20-19(23)15-7-9-16(10-8-15)21-12-4-3-5-18(21)22/h6-11,14H,3-5,12H2,1-2H3,(H,20,23). The fraction of sp³-hybridized carbons (Fsp3) is 0.368. The number of carbonyl (C=O) groups excluding carboxylic acids is 2. The van der Waals surface area contributed by atoms with Crippen molar-refractivity contribution < 1.29 is 14.0 Å². The van der Waals surface area contributed by atoms with Gasteiger partial charge in [0.1, 0.15) is 11.5 Å². The summed E-state index contributed by atoms with van der Waals surface area (Å²) >= 11 is 0. The van der Waals surface area contributed by atoms with E-state index < -0.39 is 0 Å². The Labute approximate surface area is 141 Å². The molecule has 0 saturated carbocycles. The molecule has 0 radical (unpaired) electrons. The summed E-state index contributed by atoms with van der Waals surface area (Å²) in [6.45, 7) is 4.51. The van der Waals surface area contributed by atoms with Crippen LogP contribution in [0.15, 0.2) is 40.8 Å². The highest BCUT2D eigenvalue weighted by atomic mass is 16.3. The van der Waals surface area contributed by atoms with E-state index in [4.69, 9.17) is 4.42 Å². The van der Waals surface area contributed by atoms with Gasteiger partial charge < -0.3 is 14.6 Å². The maximum Gasteiger partial charge on any atom is 0.251 e. The van der Waals surface area contributed by atoms with Crippen molar-refractivity contribution in [2.45, 2.75) is 39.2 Å². The topological polar surface area (TPSA) is 62.6 Å². The molecule has 1 N–H and O–H groups in total. The maximum absolute atomic E-state index is 12.4. The van der Waals surface area contributed by atoms with Crippen molar-refractivity contribution in [1.82, 2.24) is 5.32 Å². The van der Waals surface area contributed by atoms with E-state index in [-0.39, 0.29) is 17.9 Å². The molecule has 126 valence electrons. The average molecular weight is 326 g/mol. The summed E-state index contributed by atoms with van der Waals surface area (Å²) in [6, 6.07) is 10.7. The van der Waals surface area contributed by atoms with Gasteiger partial charge >= 0.3 is 0 Å². The quantitative estimate of drug-likeness (QED) is 0.934. The van der Waals surface area contributed by atoms with Crippen LogP contribution in [0.25, 0.3) is 0 Å². The zero-order valence-electron chi connectivity index (χ0n) is 14.0. The second kappa shape index (κ2) is 6.91. The largest absolute Gasteiger partial charge is 0.464 e. The number of nitrogens with zero attached hydrogens (tertiary/aromatic N) is 1. The molecular weight excluding hydrogens is 304 g/mol. The predicted molar refractivity (Wildman–Crippen MR) is 92.0 cm³/mol. The van der Waals surface area contributed by atoms with Crippen molar-refractivity contribution in [3.05, 3.63) is 53.5 Å². The van der Waals surface area contributed by atoms with Gasteiger partial charge in [-0.1, -0.05) is 0 Å². The van der Waals surface area contributed by atoms with Crippen LogP contribution in [0.5, 0.6) is 0 Å².